The molecule has 0 aliphatic rings. The molecule has 1 rings (SSSR count). The van der Waals surface area contributed by atoms with Crippen molar-refractivity contribution in [1.82, 2.24) is 4.90 Å². The summed E-state index contributed by atoms with van der Waals surface area (Å²) in [6.45, 7) is 7.25. The molecule has 25 heavy (non-hydrogen) atoms. The number of benzene rings is 1. The van der Waals surface area contributed by atoms with Crippen LogP contribution in [0, 0.1) is 0 Å². The lowest BCUT2D eigenvalue weighted by Gasteiger charge is -2.28. The van der Waals surface area contributed by atoms with Crippen LogP contribution in [0.25, 0.3) is 0 Å². The zero-order valence-electron chi connectivity index (χ0n) is 15.6. The number of carbonyl (C=O) groups is 1. The minimum Gasteiger partial charge on any atom is -0.444 e. The third kappa shape index (κ3) is 7.85. The van der Waals surface area contributed by atoms with Crippen LogP contribution in [0.15, 0.2) is 47.1 Å². The zero-order chi connectivity index (χ0) is 19.0. The van der Waals surface area contributed by atoms with E-state index < -0.39 is 23.8 Å². The number of ether oxygens (including phenoxy) is 1. The summed E-state index contributed by atoms with van der Waals surface area (Å²) in [6, 6.07) is 8.92. The highest BCUT2D eigenvalue weighted by Gasteiger charge is 2.25. The Morgan fingerprint density at radius 1 is 1.36 bits per heavy atom. The molecule has 0 saturated heterocycles. The van der Waals surface area contributed by atoms with Crippen LogP contribution < -0.4 is 5.73 Å². The zero-order valence-corrected chi connectivity index (χ0v) is 15.6. The standard InChI is InChI=1S/C19H29N3O3/c1-14(20)11-12-21-17(15-9-7-6-8-10-15)16(23)13-22(5)18(24)25-19(2,3)4/h6-12,16-17,23H,13,20H2,1-5H3. The van der Waals surface area contributed by atoms with E-state index in [-0.39, 0.29) is 6.54 Å². The molecule has 0 saturated carbocycles. The van der Waals surface area contributed by atoms with E-state index in [1.807, 2.05) is 30.3 Å². The van der Waals surface area contributed by atoms with Gasteiger partial charge in [0.2, 0.25) is 0 Å². The number of aliphatic imine (C=N–C) groups is 1. The van der Waals surface area contributed by atoms with E-state index in [9.17, 15) is 9.90 Å². The van der Waals surface area contributed by atoms with Crippen LogP contribution in [0.4, 0.5) is 4.79 Å². The summed E-state index contributed by atoms with van der Waals surface area (Å²) in [5.74, 6) is 0. The van der Waals surface area contributed by atoms with Crippen molar-refractivity contribution in [1.29, 1.82) is 0 Å². The van der Waals surface area contributed by atoms with E-state index in [2.05, 4.69) is 4.99 Å². The first-order valence-corrected chi connectivity index (χ1v) is 8.23. The van der Waals surface area contributed by atoms with Crippen molar-refractivity contribution in [3.05, 3.63) is 47.7 Å². The van der Waals surface area contributed by atoms with Crippen LogP contribution in [0.2, 0.25) is 0 Å². The van der Waals surface area contributed by atoms with Gasteiger partial charge in [-0.05, 0) is 39.3 Å². The van der Waals surface area contributed by atoms with Gasteiger partial charge in [-0.3, -0.25) is 4.99 Å². The van der Waals surface area contributed by atoms with Gasteiger partial charge in [-0.25, -0.2) is 4.79 Å². The van der Waals surface area contributed by atoms with Crippen LogP contribution >= 0.6 is 0 Å². The number of aliphatic hydroxyl groups is 1. The number of rotatable bonds is 6. The maximum atomic E-state index is 12.1. The normalized spacial score (nSPS) is 15.0. The topological polar surface area (TPSA) is 88.2 Å². The molecule has 3 N–H and O–H groups in total. The first kappa shape index (κ1) is 20.7. The van der Waals surface area contributed by atoms with E-state index in [4.69, 9.17) is 10.5 Å². The van der Waals surface area contributed by atoms with Crippen molar-refractivity contribution in [2.24, 2.45) is 10.7 Å². The first-order chi connectivity index (χ1) is 11.6. The van der Waals surface area contributed by atoms with Gasteiger partial charge in [0.1, 0.15) is 11.6 Å². The van der Waals surface area contributed by atoms with Crippen LogP contribution in [-0.4, -0.2) is 47.6 Å². The van der Waals surface area contributed by atoms with E-state index in [0.717, 1.165) is 5.56 Å². The van der Waals surface area contributed by atoms with Crippen LogP contribution in [-0.2, 0) is 4.74 Å². The third-order valence-electron chi connectivity index (χ3n) is 3.26. The summed E-state index contributed by atoms with van der Waals surface area (Å²) >= 11 is 0. The van der Waals surface area contributed by atoms with E-state index in [1.54, 1.807) is 47.0 Å². The van der Waals surface area contributed by atoms with Gasteiger partial charge in [0.15, 0.2) is 0 Å². The number of nitrogens with two attached hydrogens (primary N) is 1. The third-order valence-corrected chi connectivity index (χ3v) is 3.26. The van der Waals surface area contributed by atoms with E-state index in [0.29, 0.717) is 5.70 Å². The molecule has 0 bridgehead atoms. The second-order valence-electron chi connectivity index (χ2n) is 6.99. The minimum absolute atomic E-state index is 0.0944. The second kappa shape index (κ2) is 9.22. The number of amides is 1. The molecular formula is C19H29N3O3. The molecular weight excluding hydrogens is 318 g/mol. The summed E-state index contributed by atoms with van der Waals surface area (Å²) in [6.07, 6.45) is 1.87. The van der Waals surface area contributed by atoms with Gasteiger partial charge in [-0.15, -0.1) is 0 Å². The highest BCUT2D eigenvalue weighted by molar-refractivity contribution is 5.72. The number of carbonyl (C=O) groups excluding carboxylic acids is 1. The van der Waals surface area contributed by atoms with Gasteiger partial charge in [0.25, 0.3) is 0 Å². The number of allylic oxidation sites excluding steroid dienone is 2. The summed E-state index contributed by atoms with van der Waals surface area (Å²) < 4.78 is 5.31. The van der Waals surface area contributed by atoms with Crippen LogP contribution in [0.5, 0.6) is 0 Å². The summed E-state index contributed by atoms with van der Waals surface area (Å²) in [5, 5.41) is 10.6. The number of nitrogens with zero attached hydrogens (tertiary/aromatic N) is 2. The molecule has 0 aliphatic heterocycles. The Morgan fingerprint density at radius 2 is 1.96 bits per heavy atom. The Labute approximate surface area is 150 Å². The molecule has 1 aromatic rings. The highest BCUT2D eigenvalue weighted by atomic mass is 16.6. The average Bonchev–Trinajstić information content (AvgIpc) is 2.50. The van der Waals surface area contributed by atoms with Crippen molar-refractivity contribution in [3.8, 4) is 0 Å². The maximum absolute atomic E-state index is 12.1. The lowest BCUT2D eigenvalue weighted by molar-refractivity contribution is 0.0182. The average molecular weight is 347 g/mol. The van der Waals surface area contributed by atoms with Gasteiger partial charge in [-0.1, -0.05) is 30.3 Å². The SMILES string of the molecule is CC(N)=CC=NC(c1ccccc1)C(O)CN(C)C(=O)OC(C)(C)C. The monoisotopic (exact) mass is 347 g/mol. The smallest absolute Gasteiger partial charge is 0.410 e. The van der Waals surface area contributed by atoms with Crippen molar-refractivity contribution in [2.45, 2.75) is 45.4 Å². The Bertz CT molecular complexity index is 602. The molecule has 0 aliphatic carbocycles. The predicted octanol–water partition coefficient (Wildman–Crippen LogP) is 2.89. The van der Waals surface area contributed by atoms with E-state index in [1.165, 1.54) is 4.90 Å². The van der Waals surface area contributed by atoms with Gasteiger partial charge < -0.3 is 20.5 Å². The molecule has 0 radical (unpaired) electrons. The fraction of sp³-hybridized carbons (Fsp3) is 0.474. The molecule has 0 heterocycles. The minimum atomic E-state index is -0.886. The van der Waals surface area contributed by atoms with Crippen molar-refractivity contribution in [3.63, 3.8) is 0 Å². The lowest BCUT2D eigenvalue weighted by atomic mass is 10.0. The largest absolute Gasteiger partial charge is 0.444 e. The highest BCUT2D eigenvalue weighted by Crippen LogP contribution is 2.22. The molecule has 6 nitrogen and oxygen atoms in total. The van der Waals surface area contributed by atoms with Gasteiger partial charge in [-0.2, -0.15) is 0 Å². The molecule has 2 unspecified atom stereocenters. The van der Waals surface area contributed by atoms with Gasteiger partial charge in [0.05, 0.1) is 12.6 Å². The molecule has 1 aromatic carbocycles. The first-order valence-electron chi connectivity index (χ1n) is 8.23. The number of hydrogen-bond acceptors (Lipinski definition) is 5. The molecule has 6 heteroatoms. The second-order valence-corrected chi connectivity index (χ2v) is 6.99. The Hall–Kier alpha value is -2.34. The van der Waals surface area contributed by atoms with Crippen molar-refractivity contribution >= 4 is 12.3 Å². The number of hydrogen-bond donors (Lipinski definition) is 2. The maximum Gasteiger partial charge on any atom is 0.410 e. The summed E-state index contributed by atoms with van der Waals surface area (Å²) in [7, 11) is 1.59. The molecule has 138 valence electrons. The lowest BCUT2D eigenvalue weighted by Crippen LogP contribution is -2.40. The predicted molar refractivity (Wildman–Crippen MR) is 100 cm³/mol. The Balaban J connectivity index is 2.89. The van der Waals surface area contributed by atoms with Crippen LogP contribution in [0.1, 0.15) is 39.3 Å². The fourth-order valence-electron chi connectivity index (χ4n) is 2.11. The van der Waals surface area contributed by atoms with Gasteiger partial charge in [0, 0.05) is 19.0 Å². The fourth-order valence-corrected chi connectivity index (χ4v) is 2.11. The molecule has 2 atom stereocenters. The molecule has 0 aromatic heterocycles. The summed E-state index contributed by atoms with van der Waals surface area (Å²) in [4.78, 5) is 17.8. The molecule has 0 spiro atoms. The Morgan fingerprint density at radius 3 is 2.48 bits per heavy atom. The van der Waals surface area contributed by atoms with Crippen LogP contribution in [0.3, 0.4) is 0 Å². The molecule has 0 fully saturated rings. The van der Waals surface area contributed by atoms with E-state index >= 15 is 0 Å². The van der Waals surface area contributed by atoms with Crippen molar-refractivity contribution < 1.29 is 14.6 Å². The summed E-state index contributed by atoms with van der Waals surface area (Å²) in [5.41, 5.74) is 6.50. The quantitative estimate of drug-likeness (QED) is 0.775. The molecule has 1 amide bonds. The number of likely N-dealkylation sites (N-methyl/N-ethyl adjacent to an activating group) is 1. The van der Waals surface area contributed by atoms with Crippen molar-refractivity contribution in [2.75, 3.05) is 13.6 Å². The Kier molecular flexibility index (Phi) is 7.64. The number of aliphatic hydroxyl groups excluding tert-OH is 1. The van der Waals surface area contributed by atoms with Gasteiger partial charge >= 0.3 is 6.09 Å².